The smallest absolute Gasteiger partial charge is 0.255 e. The van der Waals surface area contributed by atoms with Gasteiger partial charge in [-0.05, 0) is 31.0 Å². The van der Waals surface area contributed by atoms with Crippen LogP contribution in [-0.4, -0.2) is 28.9 Å². The Hall–Kier alpha value is -0.650. The lowest BCUT2D eigenvalue weighted by molar-refractivity contribution is 0.0704. The summed E-state index contributed by atoms with van der Waals surface area (Å²) < 4.78 is 0.855. The van der Waals surface area contributed by atoms with Crippen molar-refractivity contribution in [3.63, 3.8) is 0 Å². The molecule has 0 aliphatic carbocycles. The number of benzene rings is 1. The van der Waals surface area contributed by atoms with Gasteiger partial charge in [-0.1, -0.05) is 39.7 Å². The Labute approximate surface area is 131 Å². The third-order valence-corrected chi connectivity index (χ3v) is 4.41. The zero-order chi connectivity index (χ0) is 14.0. The van der Waals surface area contributed by atoms with Gasteiger partial charge in [-0.25, -0.2) is 0 Å². The van der Waals surface area contributed by atoms with Crippen LogP contribution in [0.4, 0.5) is 0 Å². The van der Waals surface area contributed by atoms with Crippen molar-refractivity contribution in [1.29, 1.82) is 0 Å². The molecule has 0 saturated carbocycles. The van der Waals surface area contributed by atoms with Gasteiger partial charge in [0.2, 0.25) is 0 Å². The van der Waals surface area contributed by atoms with Gasteiger partial charge < -0.3 is 10.6 Å². The second-order valence-electron chi connectivity index (χ2n) is 4.62. The van der Waals surface area contributed by atoms with E-state index in [-0.39, 0.29) is 11.8 Å². The molecule has 2 N–H and O–H groups in total. The van der Waals surface area contributed by atoms with Gasteiger partial charge in [0, 0.05) is 23.5 Å². The van der Waals surface area contributed by atoms with Crippen molar-refractivity contribution < 1.29 is 4.79 Å². The van der Waals surface area contributed by atoms with Gasteiger partial charge in [0.15, 0.2) is 0 Å². The lowest BCUT2D eigenvalue weighted by atomic mass is 9.97. The maximum Gasteiger partial charge on any atom is 0.255 e. The summed E-state index contributed by atoms with van der Waals surface area (Å²) in [5.74, 6) is 0.0559. The van der Waals surface area contributed by atoms with E-state index in [2.05, 4.69) is 15.9 Å². The van der Waals surface area contributed by atoms with Crippen LogP contribution < -0.4 is 5.73 Å². The second-order valence-corrected chi connectivity index (χ2v) is 6.41. The molecular formula is C13H14BrClN2OS. The Kier molecular flexibility index (Phi) is 4.81. The molecule has 2 rings (SSSR count). The number of rotatable bonds is 2. The molecule has 0 bridgehead atoms. The van der Waals surface area contributed by atoms with Crippen molar-refractivity contribution in [3.8, 4) is 0 Å². The quantitative estimate of drug-likeness (QED) is 0.823. The molecule has 19 heavy (non-hydrogen) atoms. The van der Waals surface area contributed by atoms with Crippen LogP contribution in [0.25, 0.3) is 0 Å². The van der Waals surface area contributed by atoms with Gasteiger partial charge in [0.25, 0.3) is 5.91 Å². The van der Waals surface area contributed by atoms with Gasteiger partial charge in [-0.2, -0.15) is 0 Å². The lowest BCUT2D eigenvalue weighted by Crippen LogP contribution is -2.43. The molecule has 1 atom stereocenters. The number of piperidine rings is 1. The van der Waals surface area contributed by atoms with Gasteiger partial charge >= 0.3 is 0 Å². The summed E-state index contributed by atoms with van der Waals surface area (Å²) in [4.78, 5) is 14.7. The van der Waals surface area contributed by atoms with Crippen LogP contribution in [0.1, 0.15) is 23.2 Å². The fraction of sp³-hybridized carbons (Fsp3) is 0.385. The SMILES string of the molecule is NC(=S)C1CCCN(C(=O)c2ccc(Br)cc2Cl)C1. The van der Waals surface area contributed by atoms with Crippen molar-refractivity contribution in [3.05, 3.63) is 33.3 Å². The van der Waals surface area contributed by atoms with Gasteiger partial charge in [0.1, 0.15) is 0 Å². The number of nitrogens with two attached hydrogens (primary N) is 1. The first kappa shape index (κ1) is 14.8. The molecule has 1 aromatic carbocycles. The normalized spacial score (nSPS) is 19.3. The molecule has 0 spiro atoms. The van der Waals surface area contributed by atoms with Crippen LogP contribution in [0.3, 0.4) is 0 Å². The summed E-state index contributed by atoms with van der Waals surface area (Å²) in [6.45, 7) is 1.31. The van der Waals surface area contributed by atoms with E-state index in [4.69, 9.17) is 29.6 Å². The topological polar surface area (TPSA) is 46.3 Å². The van der Waals surface area contributed by atoms with Crippen LogP contribution in [0.5, 0.6) is 0 Å². The van der Waals surface area contributed by atoms with Crippen molar-refractivity contribution in [2.24, 2.45) is 11.7 Å². The third-order valence-electron chi connectivity index (χ3n) is 3.27. The molecule has 0 aromatic heterocycles. The zero-order valence-electron chi connectivity index (χ0n) is 10.2. The number of thiocarbonyl (C=S) groups is 1. The molecule has 0 radical (unpaired) electrons. The molecule has 3 nitrogen and oxygen atoms in total. The standard InChI is InChI=1S/C13H14BrClN2OS/c14-9-3-4-10(11(15)6-9)13(18)17-5-1-2-8(7-17)12(16)19/h3-4,6,8H,1-2,5,7H2,(H2,16,19). The van der Waals surface area contributed by atoms with Crippen molar-refractivity contribution >= 4 is 50.6 Å². The summed E-state index contributed by atoms with van der Waals surface area (Å²) in [5.41, 5.74) is 6.20. The minimum Gasteiger partial charge on any atom is -0.393 e. The zero-order valence-corrected chi connectivity index (χ0v) is 13.4. The predicted molar refractivity (Wildman–Crippen MR) is 84.6 cm³/mol. The van der Waals surface area contributed by atoms with Gasteiger partial charge in [-0.15, -0.1) is 0 Å². The fourth-order valence-electron chi connectivity index (χ4n) is 2.23. The first-order chi connectivity index (χ1) is 8.99. The molecular weight excluding hydrogens is 348 g/mol. The van der Waals surface area contributed by atoms with Crippen LogP contribution in [0, 0.1) is 5.92 Å². The Balaban J connectivity index is 2.17. The predicted octanol–water partition coefficient (Wildman–Crippen LogP) is 3.24. The summed E-state index contributed by atoms with van der Waals surface area (Å²) in [5, 5.41) is 0.455. The number of carbonyl (C=O) groups excluding carboxylic acids is 1. The fourth-order valence-corrected chi connectivity index (χ4v) is 3.17. The van der Waals surface area contributed by atoms with E-state index in [1.807, 2.05) is 6.07 Å². The lowest BCUT2D eigenvalue weighted by Gasteiger charge is -2.32. The highest BCUT2D eigenvalue weighted by atomic mass is 79.9. The summed E-state index contributed by atoms with van der Waals surface area (Å²) >= 11 is 14.5. The molecule has 1 aliphatic rings. The molecule has 1 amide bonds. The second kappa shape index (κ2) is 6.20. The monoisotopic (exact) mass is 360 g/mol. The van der Waals surface area contributed by atoms with E-state index in [1.54, 1.807) is 17.0 Å². The Morgan fingerprint density at radius 3 is 2.89 bits per heavy atom. The van der Waals surface area contributed by atoms with Crippen molar-refractivity contribution in [2.75, 3.05) is 13.1 Å². The highest BCUT2D eigenvalue weighted by Gasteiger charge is 2.26. The maximum atomic E-state index is 12.4. The number of amides is 1. The largest absolute Gasteiger partial charge is 0.393 e. The van der Waals surface area contributed by atoms with Gasteiger partial charge in [0.05, 0.1) is 15.6 Å². The average Bonchev–Trinajstić information content (AvgIpc) is 2.38. The number of likely N-dealkylation sites (tertiary alicyclic amines) is 1. The third kappa shape index (κ3) is 3.46. The maximum absolute atomic E-state index is 12.4. The van der Waals surface area contributed by atoms with Crippen LogP contribution in [0.15, 0.2) is 22.7 Å². The van der Waals surface area contributed by atoms with Crippen LogP contribution in [-0.2, 0) is 0 Å². The first-order valence-corrected chi connectivity index (χ1v) is 7.60. The molecule has 1 heterocycles. The van der Waals surface area contributed by atoms with E-state index in [0.29, 0.717) is 22.1 Å². The minimum absolute atomic E-state index is 0.0570. The van der Waals surface area contributed by atoms with E-state index in [0.717, 1.165) is 23.9 Å². The highest BCUT2D eigenvalue weighted by molar-refractivity contribution is 9.10. The van der Waals surface area contributed by atoms with Crippen molar-refractivity contribution in [2.45, 2.75) is 12.8 Å². The molecule has 1 aromatic rings. The summed E-state index contributed by atoms with van der Waals surface area (Å²) in [6.07, 6.45) is 1.87. The Morgan fingerprint density at radius 2 is 2.26 bits per heavy atom. The molecule has 1 saturated heterocycles. The van der Waals surface area contributed by atoms with E-state index >= 15 is 0 Å². The van der Waals surface area contributed by atoms with E-state index < -0.39 is 0 Å². The van der Waals surface area contributed by atoms with Gasteiger partial charge in [-0.3, -0.25) is 4.79 Å². The number of halogens is 2. The summed E-state index contributed by atoms with van der Waals surface area (Å²) in [7, 11) is 0. The number of hydrogen-bond donors (Lipinski definition) is 1. The minimum atomic E-state index is -0.0570. The van der Waals surface area contributed by atoms with E-state index in [1.165, 1.54) is 0 Å². The van der Waals surface area contributed by atoms with E-state index in [9.17, 15) is 4.79 Å². The van der Waals surface area contributed by atoms with Crippen LogP contribution >= 0.6 is 39.7 Å². The number of nitrogens with zero attached hydrogens (tertiary/aromatic N) is 1. The van der Waals surface area contributed by atoms with Crippen molar-refractivity contribution in [1.82, 2.24) is 4.90 Å². The number of hydrogen-bond acceptors (Lipinski definition) is 2. The molecule has 1 aliphatic heterocycles. The number of carbonyl (C=O) groups is 1. The van der Waals surface area contributed by atoms with Crippen LogP contribution in [0.2, 0.25) is 5.02 Å². The highest BCUT2D eigenvalue weighted by Crippen LogP contribution is 2.25. The molecule has 102 valence electrons. The molecule has 1 fully saturated rings. The first-order valence-electron chi connectivity index (χ1n) is 6.02. The average molecular weight is 362 g/mol. The summed E-state index contributed by atoms with van der Waals surface area (Å²) in [6, 6.07) is 5.27. The Bertz CT molecular complexity index is 523. The Morgan fingerprint density at radius 1 is 1.53 bits per heavy atom. The molecule has 1 unspecified atom stereocenters. The molecule has 6 heteroatoms.